The lowest BCUT2D eigenvalue weighted by molar-refractivity contribution is -0.384. The number of hydrogen-bond acceptors (Lipinski definition) is 5. The van der Waals surface area contributed by atoms with Crippen molar-refractivity contribution in [2.24, 2.45) is 0 Å². The number of benzene rings is 2. The van der Waals surface area contributed by atoms with Crippen molar-refractivity contribution in [3.05, 3.63) is 66.2 Å². The molecule has 124 valence electrons. The van der Waals surface area contributed by atoms with Gasteiger partial charge in [0, 0.05) is 21.4 Å². The molecule has 0 atom stereocenters. The number of anilines is 1. The van der Waals surface area contributed by atoms with Crippen LogP contribution >= 0.6 is 34.2 Å². The van der Waals surface area contributed by atoms with Gasteiger partial charge in [0.25, 0.3) is 11.6 Å². The molecule has 24 heavy (non-hydrogen) atoms. The van der Waals surface area contributed by atoms with Crippen LogP contribution in [0.15, 0.2) is 36.4 Å². The van der Waals surface area contributed by atoms with Gasteiger partial charge in [-0.2, -0.15) is 0 Å². The van der Waals surface area contributed by atoms with E-state index in [9.17, 15) is 19.7 Å². The molecular weight excluding hydrogens is 451 g/mol. The van der Waals surface area contributed by atoms with Crippen LogP contribution in [0.3, 0.4) is 0 Å². The zero-order valence-corrected chi connectivity index (χ0v) is 15.1. The average molecular weight is 461 g/mol. The first-order valence-corrected chi connectivity index (χ1v) is 7.92. The van der Waals surface area contributed by atoms with E-state index in [1.54, 1.807) is 0 Å². The highest BCUT2D eigenvalue weighted by molar-refractivity contribution is 14.1. The Labute approximate surface area is 155 Å². The van der Waals surface area contributed by atoms with E-state index in [2.05, 4.69) is 10.1 Å². The topological polar surface area (TPSA) is 98.5 Å². The van der Waals surface area contributed by atoms with Gasteiger partial charge in [-0.05, 0) is 46.9 Å². The zero-order valence-electron chi connectivity index (χ0n) is 12.2. The lowest BCUT2D eigenvalue weighted by atomic mass is 10.1. The van der Waals surface area contributed by atoms with Crippen LogP contribution < -0.4 is 5.32 Å². The van der Waals surface area contributed by atoms with Gasteiger partial charge in [-0.1, -0.05) is 11.6 Å². The molecule has 0 aliphatic heterocycles. The summed E-state index contributed by atoms with van der Waals surface area (Å²) in [6, 6.07) is 8.31. The molecule has 0 radical (unpaired) electrons. The highest BCUT2D eigenvalue weighted by Crippen LogP contribution is 2.24. The summed E-state index contributed by atoms with van der Waals surface area (Å²) in [6.45, 7) is 0. The number of hydrogen-bond donors (Lipinski definition) is 1. The zero-order chi connectivity index (χ0) is 17.9. The maximum atomic E-state index is 12.4. The Hall–Kier alpha value is -2.20. The maximum absolute atomic E-state index is 12.4. The van der Waals surface area contributed by atoms with Crippen molar-refractivity contribution in [1.82, 2.24) is 0 Å². The second-order valence-electron chi connectivity index (χ2n) is 4.56. The molecule has 2 aromatic rings. The summed E-state index contributed by atoms with van der Waals surface area (Å²) >= 11 is 7.82. The third-order valence-electron chi connectivity index (χ3n) is 3.03. The van der Waals surface area contributed by atoms with Crippen molar-refractivity contribution >= 4 is 57.4 Å². The molecule has 9 heteroatoms. The number of ether oxygens (including phenoxy) is 1. The van der Waals surface area contributed by atoms with E-state index < -0.39 is 16.8 Å². The van der Waals surface area contributed by atoms with Gasteiger partial charge in [-0.3, -0.25) is 14.9 Å². The minimum atomic E-state index is -0.638. The standard InChI is InChI=1S/C15H10ClIN2O5/c1-24-15(21)10-6-8(2-4-12(10)16)18-14(20)11-7-9(19(22)23)3-5-13(11)17/h2-7H,1H3,(H,18,20). The van der Waals surface area contributed by atoms with Crippen LogP contribution in [0.5, 0.6) is 0 Å². The molecule has 0 unspecified atom stereocenters. The molecule has 0 saturated carbocycles. The second kappa shape index (κ2) is 7.58. The van der Waals surface area contributed by atoms with Crippen LogP contribution in [0.4, 0.5) is 11.4 Å². The number of halogens is 2. The molecule has 0 aromatic heterocycles. The molecule has 1 amide bonds. The van der Waals surface area contributed by atoms with E-state index in [0.29, 0.717) is 9.26 Å². The number of non-ortho nitro benzene ring substituents is 1. The van der Waals surface area contributed by atoms with Crippen molar-refractivity contribution < 1.29 is 19.2 Å². The van der Waals surface area contributed by atoms with Crippen LogP contribution in [-0.4, -0.2) is 23.9 Å². The number of nitro benzene ring substituents is 1. The number of amides is 1. The number of methoxy groups -OCH3 is 1. The van der Waals surface area contributed by atoms with Crippen LogP contribution in [0.25, 0.3) is 0 Å². The highest BCUT2D eigenvalue weighted by Gasteiger charge is 2.17. The van der Waals surface area contributed by atoms with Gasteiger partial charge in [0.15, 0.2) is 0 Å². The minimum Gasteiger partial charge on any atom is -0.465 e. The fourth-order valence-electron chi connectivity index (χ4n) is 1.87. The van der Waals surface area contributed by atoms with Gasteiger partial charge in [0.05, 0.1) is 28.2 Å². The number of nitrogens with zero attached hydrogens (tertiary/aromatic N) is 1. The lowest BCUT2D eigenvalue weighted by Gasteiger charge is -2.09. The molecule has 1 N–H and O–H groups in total. The van der Waals surface area contributed by atoms with Crippen LogP contribution in [-0.2, 0) is 4.74 Å². The summed E-state index contributed by atoms with van der Waals surface area (Å²) in [6.07, 6.45) is 0. The monoisotopic (exact) mass is 460 g/mol. The SMILES string of the molecule is COC(=O)c1cc(NC(=O)c2cc([N+](=O)[O-])ccc2I)ccc1Cl. The molecule has 0 heterocycles. The Balaban J connectivity index is 2.32. The van der Waals surface area contributed by atoms with Crippen molar-refractivity contribution in [2.75, 3.05) is 12.4 Å². The minimum absolute atomic E-state index is 0.103. The quantitative estimate of drug-likeness (QED) is 0.323. The van der Waals surface area contributed by atoms with E-state index in [1.807, 2.05) is 22.6 Å². The van der Waals surface area contributed by atoms with Crippen LogP contribution in [0, 0.1) is 13.7 Å². The van der Waals surface area contributed by atoms with Crippen molar-refractivity contribution in [3.8, 4) is 0 Å². The predicted molar refractivity (Wildman–Crippen MR) is 96.6 cm³/mol. The fraction of sp³-hybridized carbons (Fsp3) is 0.0667. The number of rotatable bonds is 4. The van der Waals surface area contributed by atoms with E-state index >= 15 is 0 Å². The van der Waals surface area contributed by atoms with Crippen LogP contribution in [0.2, 0.25) is 5.02 Å². The lowest BCUT2D eigenvalue weighted by Crippen LogP contribution is -2.14. The number of esters is 1. The first-order chi connectivity index (χ1) is 11.3. The summed E-state index contributed by atoms with van der Waals surface area (Å²) in [4.78, 5) is 34.2. The second-order valence-corrected chi connectivity index (χ2v) is 6.13. The maximum Gasteiger partial charge on any atom is 0.339 e. The van der Waals surface area contributed by atoms with E-state index in [-0.39, 0.29) is 21.8 Å². The average Bonchev–Trinajstić information content (AvgIpc) is 2.55. The molecule has 2 rings (SSSR count). The Morgan fingerprint density at radius 1 is 1.21 bits per heavy atom. The summed E-state index contributed by atoms with van der Waals surface area (Å²) in [7, 11) is 1.22. The van der Waals surface area contributed by atoms with Crippen molar-refractivity contribution in [3.63, 3.8) is 0 Å². The van der Waals surface area contributed by atoms with E-state index in [1.165, 1.54) is 43.5 Å². The number of carbonyl (C=O) groups excluding carboxylic acids is 2. The molecule has 0 spiro atoms. The summed E-state index contributed by atoms with van der Waals surface area (Å²) in [5.41, 5.74) is 0.379. The largest absolute Gasteiger partial charge is 0.465 e. The highest BCUT2D eigenvalue weighted by atomic mass is 127. The van der Waals surface area contributed by atoms with Crippen molar-refractivity contribution in [2.45, 2.75) is 0 Å². The van der Waals surface area contributed by atoms with Gasteiger partial charge in [0.2, 0.25) is 0 Å². The molecule has 0 saturated heterocycles. The van der Waals surface area contributed by atoms with E-state index in [0.717, 1.165) is 0 Å². The van der Waals surface area contributed by atoms with Gasteiger partial charge < -0.3 is 10.1 Å². The fourth-order valence-corrected chi connectivity index (χ4v) is 2.64. The summed E-state index contributed by atoms with van der Waals surface area (Å²) in [5.74, 6) is -1.18. The van der Waals surface area contributed by atoms with Gasteiger partial charge in [-0.25, -0.2) is 4.79 Å². The molecular formula is C15H10ClIN2O5. The predicted octanol–water partition coefficient (Wildman–Crippen LogP) is 3.89. The van der Waals surface area contributed by atoms with Crippen molar-refractivity contribution in [1.29, 1.82) is 0 Å². The normalized spacial score (nSPS) is 10.1. The Kier molecular flexibility index (Phi) is 5.73. The first kappa shape index (κ1) is 18.1. The van der Waals surface area contributed by atoms with Gasteiger partial charge in [0.1, 0.15) is 0 Å². The number of nitrogens with one attached hydrogen (secondary N) is 1. The molecule has 0 bridgehead atoms. The smallest absolute Gasteiger partial charge is 0.339 e. The molecule has 0 aliphatic rings. The third-order valence-corrected chi connectivity index (χ3v) is 4.31. The first-order valence-electron chi connectivity index (χ1n) is 6.46. The molecule has 0 aliphatic carbocycles. The number of carbonyl (C=O) groups is 2. The number of nitro groups is 1. The van der Waals surface area contributed by atoms with Gasteiger partial charge in [-0.15, -0.1) is 0 Å². The molecule has 7 nitrogen and oxygen atoms in total. The van der Waals surface area contributed by atoms with Crippen LogP contribution in [0.1, 0.15) is 20.7 Å². The Morgan fingerprint density at radius 2 is 1.92 bits per heavy atom. The van der Waals surface area contributed by atoms with Gasteiger partial charge >= 0.3 is 5.97 Å². The Morgan fingerprint density at radius 3 is 2.54 bits per heavy atom. The molecule has 0 fully saturated rings. The Bertz CT molecular complexity index is 841. The molecule has 2 aromatic carbocycles. The summed E-state index contributed by atoms with van der Waals surface area (Å²) in [5, 5.41) is 13.6. The summed E-state index contributed by atoms with van der Waals surface area (Å²) < 4.78 is 5.16. The third kappa shape index (κ3) is 4.01. The van der Waals surface area contributed by atoms with E-state index in [4.69, 9.17) is 11.6 Å².